The minimum absolute atomic E-state index is 0.0934. The summed E-state index contributed by atoms with van der Waals surface area (Å²) in [4.78, 5) is 19.2. The van der Waals surface area contributed by atoms with E-state index >= 15 is 0 Å². The molecule has 2 rings (SSSR count). The van der Waals surface area contributed by atoms with Gasteiger partial charge in [-0.25, -0.2) is 4.98 Å². The Morgan fingerprint density at radius 3 is 2.75 bits per heavy atom. The van der Waals surface area contributed by atoms with Gasteiger partial charge in [0.2, 0.25) is 0 Å². The van der Waals surface area contributed by atoms with Gasteiger partial charge in [-0.15, -0.1) is 0 Å². The third-order valence-corrected chi connectivity index (χ3v) is 4.54. The van der Waals surface area contributed by atoms with Crippen molar-refractivity contribution < 1.29 is 0 Å². The van der Waals surface area contributed by atoms with Gasteiger partial charge in [0.25, 0.3) is 5.56 Å². The van der Waals surface area contributed by atoms with Crippen LogP contribution in [-0.2, 0) is 12.8 Å². The molecule has 0 atom stereocenters. The molecule has 0 amide bonds. The monoisotopic (exact) mass is 422 g/mol. The highest BCUT2D eigenvalue weighted by atomic mass is 127. The molecule has 0 aliphatic heterocycles. The molecule has 106 valence electrons. The van der Waals surface area contributed by atoms with Crippen LogP contribution in [0, 0.1) is 3.57 Å². The number of benzene rings is 1. The molecule has 0 aliphatic carbocycles. The van der Waals surface area contributed by atoms with Crippen LogP contribution < -0.4 is 5.56 Å². The second-order valence-electron chi connectivity index (χ2n) is 4.44. The van der Waals surface area contributed by atoms with Crippen LogP contribution in [0.5, 0.6) is 0 Å². The number of nitrogens with one attached hydrogen (secondary N) is 1. The summed E-state index contributed by atoms with van der Waals surface area (Å²) in [6.45, 7) is 2.06. The molecule has 0 unspecified atom stereocenters. The zero-order valence-electron chi connectivity index (χ0n) is 10.8. The maximum Gasteiger partial charge on any atom is 0.264 e. The molecule has 0 saturated carbocycles. The number of H-pyrrole nitrogens is 1. The lowest BCUT2D eigenvalue weighted by atomic mass is 10.1. The number of aromatic nitrogens is 2. The van der Waals surface area contributed by atoms with Gasteiger partial charge < -0.3 is 4.98 Å². The van der Waals surface area contributed by atoms with E-state index in [1.807, 2.05) is 28.7 Å². The van der Waals surface area contributed by atoms with E-state index in [9.17, 15) is 4.79 Å². The van der Waals surface area contributed by atoms with Gasteiger partial charge in [-0.2, -0.15) is 0 Å². The summed E-state index contributed by atoms with van der Waals surface area (Å²) in [5, 5.41) is 1.17. The summed E-state index contributed by atoms with van der Waals surface area (Å²) < 4.78 is 0.662. The van der Waals surface area contributed by atoms with Crippen molar-refractivity contribution in [1.82, 2.24) is 9.97 Å². The third-order valence-electron chi connectivity index (χ3n) is 2.84. The second kappa shape index (κ2) is 6.91. The van der Waals surface area contributed by atoms with Crippen LogP contribution >= 0.6 is 45.8 Å². The molecule has 0 aliphatic rings. The van der Waals surface area contributed by atoms with Gasteiger partial charge in [0.15, 0.2) is 0 Å². The van der Waals surface area contributed by atoms with Gasteiger partial charge in [-0.05, 0) is 46.7 Å². The minimum Gasteiger partial charge on any atom is -0.309 e. The van der Waals surface area contributed by atoms with E-state index in [1.54, 1.807) is 12.1 Å². The first kappa shape index (κ1) is 15.8. The number of aryl methyl sites for hydroxylation is 1. The van der Waals surface area contributed by atoms with Crippen molar-refractivity contribution in [3.05, 3.63) is 59.3 Å². The minimum atomic E-state index is -0.0934. The predicted octanol–water partition coefficient (Wildman–Crippen LogP) is 4.22. The molecule has 1 N–H and O–H groups in total. The molecule has 1 aromatic carbocycles. The van der Waals surface area contributed by atoms with E-state index in [4.69, 9.17) is 23.2 Å². The van der Waals surface area contributed by atoms with Gasteiger partial charge in [0.1, 0.15) is 5.82 Å². The smallest absolute Gasteiger partial charge is 0.264 e. The number of hydrogen-bond donors (Lipinski definition) is 1. The summed E-state index contributed by atoms with van der Waals surface area (Å²) >= 11 is 14.1. The molecule has 20 heavy (non-hydrogen) atoms. The van der Waals surface area contributed by atoms with Crippen molar-refractivity contribution in [1.29, 1.82) is 0 Å². The Morgan fingerprint density at radius 1 is 1.35 bits per heavy atom. The van der Waals surface area contributed by atoms with E-state index in [0.29, 0.717) is 25.9 Å². The molecular weight excluding hydrogens is 410 g/mol. The van der Waals surface area contributed by atoms with Crippen LogP contribution in [0.2, 0.25) is 10.0 Å². The molecule has 2 aromatic rings. The summed E-state index contributed by atoms with van der Waals surface area (Å²) in [7, 11) is 0. The Hall–Kier alpha value is -0.590. The molecule has 1 aromatic heterocycles. The van der Waals surface area contributed by atoms with E-state index in [1.165, 1.54) is 0 Å². The molecule has 1 heterocycles. The quantitative estimate of drug-likeness (QED) is 0.749. The number of nitrogens with zero attached hydrogens (tertiary/aromatic N) is 1. The average molecular weight is 423 g/mol. The molecule has 0 radical (unpaired) electrons. The second-order valence-corrected chi connectivity index (χ2v) is 6.36. The molecule has 3 nitrogen and oxygen atoms in total. The van der Waals surface area contributed by atoms with E-state index in [2.05, 4.69) is 16.9 Å². The maximum absolute atomic E-state index is 11.9. The summed E-state index contributed by atoms with van der Waals surface area (Å²) in [5.41, 5.74) is 1.64. The fourth-order valence-corrected chi connectivity index (χ4v) is 2.89. The number of halogens is 3. The van der Waals surface area contributed by atoms with Gasteiger partial charge >= 0.3 is 0 Å². The normalized spacial score (nSPS) is 10.8. The van der Waals surface area contributed by atoms with E-state index < -0.39 is 0 Å². The molecule has 0 saturated heterocycles. The van der Waals surface area contributed by atoms with Gasteiger partial charge in [0, 0.05) is 16.5 Å². The standard InChI is InChI=1S/C14H13Cl2IN2O/c1-2-3-11-13(17)14(20)19-12(18-11)6-8-4-5-9(15)7-10(8)16/h4-5,7H,2-3,6H2,1H3,(H,18,19,20). The van der Waals surface area contributed by atoms with Crippen LogP contribution in [0.4, 0.5) is 0 Å². The maximum atomic E-state index is 11.9. The summed E-state index contributed by atoms with van der Waals surface area (Å²) in [6, 6.07) is 5.32. The fourth-order valence-electron chi connectivity index (χ4n) is 1.89. The highest BCUT2D eigenvalue weighted by Crippen LogP contribution is 2.22. The van der Waals surface area contributed by atoms with Crippen LogP contribution in [0.25, 0.3) is 0 Å². The van der Waals surface area contributed by atoms with Crippen molar-refractivity contribution in [3.63, 3.8) is 0 Å². The summed E-state index contributed by atoms with van der Waals surface area (Å²) in [5.74, 6) is 0.628. The molecule has 0 spiro atoms. The first-order chi connectivity index (χ1) is 9.51. The SMILES string of the molecule is CCCc1nc(Cc2ccc(Cl)cc2Cl)[nH]c(=O)c1I. The lowest BCUT2D eigenvalue weighted by Gasteiger charge is -2.07. The number of aromatic amines is 1. The largest absolute Gasteiger partial charge is 0.309 e. The van der Waals surface area contributed by atoms with Crippen LogP contribution in [0.3, 0.4) is 0 Å². The lowest BCUT2D eigenvalue weighted by molar-refractivity contribution is 0.822. The van der Waals surface area contributed by atoms with Crippen LogP contribution in [0.15, 0.2) is 23.0 Å². The van der Waals surface area contributed by atoms with Crippen molar-refractivity contribution >= 4 is 45.8 Å². The third kappa shape index (κ3) is 3.74. The fraction of sp³-hybridized carbons (Fsp3) is 0.286. The Morgan fingerprint density at radius 2 is 2.10 bits per heavy atom. The molecule has 6 heteroatoms. The molecular formula is C14H13Cl2IN2O. The highest BCUT2D eigenvalue weighted by molar-refractivity contribution is 14.1. The van der Waals surface area contributed by atoms with Gasteiger partial charge in [0.05, 0.1) is 9.26 Å². The zero-order valence-corrected chi connectivity index (χ0v) is 14.5. The average Bonchev–Trinajstić information content (AvgIpc) is 2.39. The highest BCUT2D eigenvalue weighted by Gasteiger charge is 2.10. The topological polar surface area (TPSA) is 45.8 Å². The zero-order chi connectivity index (χ0) is 14.7. The van der Waals surface area contributed by atoms with Crippen molar-refractivity contribution in [3.8, 4) is 0 Å². The van der Waals surface area contributed by atoms with E-state index in [0.717, 1.165) is 24.1 Å². The van der Waals surface area contributed by atoms with Gasteiger partial charge in [-0.1, -0.05) is 42.6 Å². The van der Waals surface area contributed by atoms with Crippen molar-refractivity contribution in [2.45, 2.75) is 26.2 Å². The van der Waals surface area contributed by atoms with E-state index in [-0.39, 0.29) is 5.56 Å². The first-order valence-electron chi connectivity index (χ1n) is 6.22. The van der Waals surface area contributed by atoms with Crippen LogP contribution in [-0.4, -0.2) is 9.97 Å². The Balaban J connectivity index is 2.36. The lowest BCUT2D eigenvalue weighted by Crippen LogP contribution is -2.18. The molecule has 0 fully saturated rings. The Kier molecular flexibility index (Phi) is 5.46. The predicted molar refractivity (Wildman–Crippen MR) is 90.8 cm³/mol. The van der Waals surface area contributed by atoms with Gasteiger partial charge in [-0.3, -0.25) is 4.79 Å². The summed E-state index contributed by atoms with van der Waals surface area (Å²) in [6.07, 6.45) is 2.23. The number of hydrogen-bond acceptors (Lipinski definition) is 2. The van der Waals surface area contributed by atoms with Crippen LogP contribution in [0.1, 0.15) is 30.4 Å². The Bertz CT molecular complexity index is 685. The first-order valence-corrected chi connectivity index (χ1v) is 8.06. The van der Waals surface area contributed by atoms with Crippen molar-refractivity contribution in [2.75, 3.05) is 0 Å². The Labute approximate surface area is 140 Å². The number of rotatable bonds is 4. The molecule has 0 bridgehead atoms. The van der Waals surface area contributed by atoms with Crippen molar-refractivity contribution in [2.24, 2.45) is 0 Å².